The van der Waals surface area contributed by atoms with Crippen molar-refractivity contribution < 1.29 is 4.79 Å². The largest absolute Gasteiger partial charge is 0.366 e. The predicted molar refractivity (Wildman–Crippen MR) is 69.6 cm³/mol. The van der Waals surface area contributed by atoms with Crippen molar-refractivity contribution >= 4 is 5.91 Å². The monoisotopic (exact) mass is 244 g/mol. The first-order valence-corrected chi connectivity index (χ1v) is 5.76. The minimum absolute atomic E-state index is 0.402. The van der Waals surface area contributed by atoms with E-state index in [1.807, 2.05) is 25.1 Å². The number of carbonyl (C=O) groups is 1. The molecule has 0 bridgehead atoms. The third kappa shape index (κ3) is 2.41. The van der Waals surface area contributed by atoms with E-state index < -0.39 is 5.91 Å². The Bertz CT molecular complexity index is 574. The average molecular weight is 244 g/mol. The molecule has 0 atom stereocenters. The molecule has 18 heavy (non-hydrogen) atoms. The standard InChI is InChI=1S/C13H16N4O/c1-9-2-3-10(4-5-14)6-12(9)17-8-11(7-16-17)13(15)18/h2-3,6-8H,4-5,14H2,1H3,(H2,15,18). The Kier molecular flexibility index (Phi) is 3.43. The number of hydrogen-bond donors (Lipinski definition) is 2. The summed E-state index contributed by atoms with van der Waals surface area (Å²) in [5.41, 5.74) is 14.3. The summed E-state index contributed by atoms with van der Waals surface area (Å²) < 4.78 is 1.66. The normalized spacial score (nSPS) is 10.6. The second-order valence-electron chi connectivity index (χ2n) is 4.20. The van der Waals surface area contributed by atoms with Gasteiger partial charge in [0.05, 0.1) is 17.4 Å². The van der Waals surface area contributed by atoms with Crippen molar-refractivity contribution in [2.45, 2.75) is 13.3 Å². The molecule has 5 heteroatoms. The zero-order chi connectivity index (χ0) is 13.1. The van der Waals surface area contributed by atoms with Crippen molar-refractivity contribution in [2.24, 2.45) is 11.5 Å². The molecule has 0 aliphatic rings. The van der Waals surface area contributed by atoms with Crippen molar-refractivity contribution in [3.63, 3.8) is 0 Å². The van der Waals surface area contributed by atoms with Crippen LogP contribution in [0.25, 0.3) is 5.69 Å². The van der Waals surface area contributed by atoms with E-state index in [-0.39, 0.29) is 0 Å². The lowest BCUT2D eigenvalue weighted by Gasteiger charge is -2.08. The molecule has 1 aromatic heterocycles. The van der Waals surface area contributed by atoms with Gasteiger partial charge in [0.15, 0.2) is 0 Å². The molecule has 0 spiro atoms. The minimum atomic E-state index is -0.475. The van der Waals surface area contributed by atoms with E-state index in [2.05, 4.69) is 5.10 Å². The molecular weight excluding hydrogens is 228 g/mol. The predicted octanol–water partition coefficient (Wildman–Crippen LogP) is 0.781. The van der Waals surface area contributed by atoms with Crippen molar-refractivity contribution in [1.82, 2.24) is 9.78 Å². The number of amides is 1. The fourth-order valence-electron chi connectivity index (χ4n) is 1.81. The van der Waals surface area contributed by atoms with E-state index in [1.165, 1.54) is 6.20 Å². The summed E-state index contributed by atoms with van der Waals surface area (Å²) in [5.74, 6) is -0.475. The van der Waals surface area contributed by atoms with Gasteiger partial charge in [-0.25, -0.2) is 4.68 Å². The quantitative estimate of drug-likeness (QED) is 0.833. The van der Waals surface area contributed by atoms with E-state index in [0.29, 0.717) is 12.1 Å². The second-order valence-corrected chi connectivity index (χ2v) is 4.20. The van der Waals surface area contributed by atoms with Crippen molar-refractivity contribution in [3.8, 4) is 5.69 Å². The molecule has 0 aliphatic carbocycles. The minimum Gasteiger partial charge on any atom is -0.366 e. The number of aromatic nitrogens is 2. The third-order valence-corrected chi connectivity index (χ3v) is 2.82. The number of nitrogens with two attached hydrogens (primary N) is 2. The number of rotatable bonds is 4. The number of aryl methyl sites for hydroxylation is 1. The lowest BCUT2D eigenvalue weighted by atomic mass is 10.1. The van der Waals surface area contributed by atoms with Crippen molar-refractivity contribution in [1.29, 1.82) is 0 Å². The van der Waals surface area contributed by atoms with Gasteiger partial charge in [-0.2, -0.15) is 5.10 Å². The lowest BCUT2D eigenvalue weighted by Crippen LogP contribution is -2.09. The molecule has 0 unspecified atom stereocenters. The maximum atomic E-state index is 11.1. The highest BCUT2D eigenvalue weighted by atomic mass is 16.1. The molecule has 0 saturated carbocycles. The Balaban J connectivity index is 2.41. The smallest absolute Gasteiger partial charge is 0.251 e. The topological polar surface area (TPSA) is 86.9 Å². The molecule has 0 saturated heterocycles. The summed E-state index contributed by atoms with van der Waals surface area (Å²) in [7, 11) is 0. The van der Waals surface area contributed by atoms with Gasteiger partial charge in [-0.3, -0.25) is 4.79 Å². The maximum absolute atomic E-state index is 11.1. The Labute approximate surface area is 105 Å². The molecule has 5 nitrogen and oxygen atoms in total. The molecule has 4 N–H and O–H groups in total. The lowest BCUT2D eigenvalue weighted by molar-refractivity contribution is 0.100. The van der Waals surface area contributed by atoms with E-state index in [1.54, 1.807) is 10.9 Å². The van der Waals surface area contributed by atoms with Gasteiger partial charge in [0.2, 0.25) is 0 Å². The van der Waals surface area contributed by atoms with Crippen LogP contribution in [0.2, 0.25) is 0 Å². The second kappa shape index (κ2) is 5.01. The molecular formula is C13H16N4O. The third-order valence-electron chi connectivity index (χ3n) is 2.82. The summed E-state index contributed by atoms with van der Waals surface area (Å²) in [6.07, 6.45) is 3.92. The molecule has 1 amide bonds. The van der Waals surface area contributed by atoms with Crippen LogP contribution in [0, 0.1) is 6.92 Å². The Hall–Kier alpha value is -2.14. The van der Waals surface area contributed by atoms with E-state index in [4.69, 9.17) is 11.5 Å². The van der Waals surface area contributed by atoms with E-state index in [9.17, 15) is 4.79 Å². The average Bonchev–Trinajstić information content (AvgIpc) is 2.81. The molecule has 2 rings (SSSR count). The van der Waals surface area contributed by atoms with Crippen LogP contribution in [0.4, 0.5) is 0 Å². The highest BCUT2D eigenvalue weighted by Crippen LogP contribution is 2.16. The Morgan fingerprint density at radius 3 is 2.83 bits per heavy atom. The van der Waals surface area contributed by atoms with Gasteiger partial charge >= 0.3 is 0 Å². The first kappa shape index (κ1) is 12.3. The molecule has 0 aliphatic heterocycles. The summed E-state index contributed by atoms with van der Waals surface area (Å²) in [5, 5.41) is 4.15. The zero-order valence-electron chi connectivity index (χ0n) is 10.3. The van der Waals surface area contributed by atoms with Gasteiger partial charge < -0.3 is 11.5 Å². The number of hydrogen-bond acceptors (Lipinski definition) is 3. The maximum Gasteiger partial charge on any atom is 0.251 e. The number of carbonyl (C=O) groups excluding carboxylic acids is 1. The van der Waals surface area contributed by atoms with Crippen LogP contribution >= 0.6 is 0 Å². The van der Waals surface area contributed by atoms with Crippen LogP contribution < -0.4 is 11.5 Å². The van der Waals surface area contributed by atoms with Gasteiger partial charge in [-0.05, 0) is 37.1 Å². The molecule has 2 aromatic rings. The summed E-state index contributed by atoms with van der Waals surface area (Å²) in [4.78, 5) is 11.1. The van der Waals surface area contributed by atoms with E-state index in [0.717, 1.165) is 23.2 Å². The van der Waals surface area contributed by atoms with Gasteiger partial charge in [0.25, 0.3) is 5.91 Å². The van der Waals surface area contributed by atoms with Crippen molar-refractivity contribution in [2.75, 3.05) is 6.54 Å². The van der Waals surface area contributed by atoms with Crippen molar-refractivity contribution in [3.05, 3.63) is 47.3 Å². The highest BCUT2D eigenvalue weighted by Gasteiger charge is 2.08. The van der Waals surface area contributed by atoms with Crippen LogP contribution in [-0.4, -0.2) is 22.2 Å². The van der Waals surface area contributed by atoms with Gasteiger partial charge in [0, 0.05) is 6.20 Å². The van der Waals surface area contributed by atoms with Crippen LogP contribution in [0.15, 0.2) is 30.6 Å². The Morgan fingerprint density at radius 2 is 2.22 bits per heavy atom. The first-order chi connectivity index (χ1) is 8.61. The molecule has 94 valence electrons. The Morgan fingerprint density at radius 1 is 1.44 bits per heavy atom. The summed E-state index contributed by atoms with van der Waals surface area (Å²) in [6, 6.07) is 6.09. The number of primary amides is 1. The van der Waals surface area contributed by atoms with E-state index >= 15 is 0 Å². The zero-order valence-corrected chi connectivity index (χ0v) is 10.3. The summed E-state index contributed by atoms with van der Waals surface area (Å²) >= 11 is 0. The summed E-state index contributed by atoms with van der Waals surface area (Å²) in [6.45, 7) is 2.60. The van der Waals surface area contributed by atoms with Gasteiger partial charge in [0.1, 0.15) is 0 Å². The molecule has 0 radical (unpaired) electrons. The van der Waals surface area contributed by atoms with Crippen LogP contribution in [-0.2, 0) is 6.42 Å². The van der Waals surface area contributed by atoms with Crippen LogP contribution in [0.3, 0.4) is 0 Å². The highest BCUT2D eigenvalue weighted by molar-refractivity contribution is 5.92. The molecule has 1 aromatic carbocycles. The molecule has 0 fully saturated rings. The van der Waals surface area contributed by atoms with Crippen LogP contribution in [0.5, 0.6) is 0 Å². The fourth-order valence-corrected chi connectivity index (χ4v) is 1.81. The SMILES string of the molecule is Cc1ccc(CCN)cc1-n1cc(C(N)=O)cn1. The molecule has 1 heterocycles. The first-order valence-electron chi connectivity index (χ1n) is 5.76. The van der Waals surface area contributed by atoms with Gasteiger partial charge in [-0.1, -0.05) is 12.1 Å². The fraction of sp³-hybridized carbons (Fsp3) is 0.231. The van der Waals surface area contributed by atoms with Crippen LogP contribution in [0.1, 0.15) is 21.5 Å². The number of benzene rings is 1. The van der Waals surface area contributed by atoms with Gasteiger partial charge in [-0.15, -0.1) is 0 Å². The number of nitrogens with zero attached hydrogens (tertiary/aromatic N) is 2.